The van der Waals surface area contributed by atoms with Crippen LogP contribution < -0.4 is 5.73 Å². The summed E-state index contributed by atoms with van der Waals surface area (Å²) in [6.45, 7) is 6.65. The molecular weight excluding hydrogens is 192 g/mol. The molecule has 1 heterocycles. The average Bonchev–Trinajstić information content (AvgIpc) is 2.61. The van der Waals surface area contributed by atoms with Crippen molar-refractivity contribution in [2.24, 2.45) is 11.1 Å². The van der Waals surface area contributed by atoms with Crippen molar-refractivity contribution in [1.29, 1.82) is 0 Å². The summed E-state index contributed by atoms with van der Waals surface area (Å²) in [5.41, 5.74) is 5.70. The lowest BCUT2D eigenvalue weighted by Gasteiger charge is -2.32. The number of likely N-dealkylation sites (tertiary alicyclic amines) is 1. The Balaban J connectivity index is 2.68. The molecule has 88 valence electrons. The lowest BCUT2D eigenvalue weighted by Crippen LogP contribution is -2.52. The van der Waals surface area contributed by atoms with E-state index in [0.29, 0.717) is 0 Å². The molecule has 0 saturated carbocycles. The molecule has 0 bridgehead atoms. The van der Waals surface area contributed by atoms with Gasteiger partial charge in [-0.1, -0.05) is 20.8 Å². The summed E-state index contributed by atoms with van der Waals surface area (Å²) in [6.07, 6.45) is 1.85. The fourth-order valence-corrected chi connectivity index (χ4v) is 1.86. The Morgan fingerprint density at radius 1 is 1.60 bits per heavy atom. The summed E-state index contributed by atoms with van der Waals surface area (Å²) in [7, 11) is 0. The smallest absolute Gasteiger partial charge is 0.240 e. The molecule has 1 saturated heterocycles. The zero-order valence-corrected chi connectivity index (χ0v) is 9.86. The van der Waals surface area contributed by atoms with Gasteiger partial charge in [0, 0.05) is 6.54 Å². The van der Waals surface area contributed by atoms with Crippen molar-refractivity contribution in [3.05, 3.63) is 0 Å². The second-order valence-corrected chi connectivity index (χ2v) is 5.35. The van der Waals surface area contributed by atoms with Crippen molar-refractivity contribution >= 4 is 5.91 Å². The number of hydrogen-bond acceptors (Lipinski definition) is 3. The average molecular weight is 214 g/mol. The van der Waals surface area contributed by atoms with Gasteiger partial charge in [-0.15, -0.1) is 0 Å². The van der Waals surface area contributed by atoms with Gasteiger partial charge in [0.1, 0.15) is 0 Å². The fraction of sp³-hybridized carbons (Fsp3) is 0.909. The highest BCUT2D eigenvalue weighted by Gasteiger charge is 2.35. The first kappa shape index (κ1) is 12.5. The number of nitrogens with zero attached hydrogens (tertiary/aromatic N) is 1. The highest BCUT2D eigenvalue weighted by molar-refractivity contribution is 5.83. The Morgan fingerprint density at radius 2 is 2.20 bits per heavy atom. The molecular formula is C11H22N2O2. The van der Waals surface area contributed by atoms with Crippen molar-refractivity contribution in [1.82, 2.24) is 4.90 Å². The van der Waals surface area contributed by atoms with Gasteiger partial charge >= 0.3 is 0 Å². The number of aliphatic hydroxyl groups excluding tert-OH is 1. The Hall–Kier alpha value is -0.610. The lowest BCUT2D eigenvalue weighted by atomic mass is 9.86. The first-order valence-corrected chi connectivity index (χ1v) is 5.55. The molecule has 0 radical (unpaired) electrons. The van der Waals surface area contributed by atoms with E-state index in [2.05, 4.69) is 0 Å². The van der Waals surface area contributed by atoms with Gasteiger partial charge in [-0.3, -0.25) is 4.79 Å². The van der Waals surface area contributed by atoms with Crippen molar-refractivity contribution in [2.45, 2.75) is 45.7 Å². The maximum atomic E-state index is 12.1. The van der Waals surface area contributed by atoms with Gasteiger partial charge in [0.05, 0.1) is 18.7 Å². The summed E-state index contributed by atoms with van der Waals surface area (Å²) >= 11 is 0. The van der Waals surface area contributed by atoms with Gasteiger partial charge in [0.15, 0.2) is 0 Å². The van der Waals surface area contributed by atoms with Gasteiger partial charge in [-0.2, -0.15) is 0 Å². The van der Waals surface area contributed by atoms with E-state index in [1.54, 1.807) is 4.90 Å². The second kappa shape index (κ2) is 4.49. The summed E-state index contributed by atoms with van der Waals surface area (Å²) < 4.78 is 0. The van der Waals surface area contributed by atoms with Crippen molar-refractivity contribution < 1.29 is 9.90 Å². The van der Waals surface area contributed by atoms with Crippen LogP contribution in [-0.2, 0) is 4.79 Å². The van der Waals surface area contributed by atoms with E-state index in [9.17, 15) is 4.79 Å². The number of carbonyl (C=O) groups is 1. The fourth-order valence-electron chi connectivity index (χ4n) is 1.86. The predicted molar refractivity (Wildman–Crippen MR) is 59.3 cm³/mol. The molecule has 0 unspecified atom stereocenters. The molecule has 0 aliphatic carbocycles. The van der Waals surface area contributed by atoms with E-state index in [0.717, 1.165) is 19.4 Å². The standard InChI is InChI=1S/C11H22N2O2/c1-11(2,3)9(12)10(15)13-6-4-5-8(13)7-14/h8-9,14H,4-7,12H2,1-3H3/t8-,9+/m0/s1. The molecule has 0 aromatic rings. The molecule has 4 nitrogen and oxygen atoms in total. The van der Waals surface area contributed by atoms with Gasteiger partial charge in [0.2, 0.25) is 5.91 Å². The number of nitrogens with two attached hydrogens (primary N) is 1. The number of hydrogen-bond donors (Lipinski definition) is 2. The van der Waals surface area contributed by atoms with Gasteiger partial charge in [-0.05, 0) is 18.3 Å². The third-order valence-electron chi connectivity index (χ3n) is 3.07. The topological polar surface area (TPSA) is 66.6 Å². The molecule has 0 aromatic carbocycles. The maximum Gasteiger partial charge on any atom is 0.240 e. The Labute approximate surface area is 91.4 Å². The first-order valence-electron chi connectivity index (χ1n) is 5.55. The highest BCUT2D eigenvalue weighted by atomic mass is 16.3. The molecule has 4 heteroatoms. The summed E-state index contributed by atoms with van der Waals surface area (Å²) in [6, 6.07) is -0.504. The Bertz CT molecular complexity index is 235. The first-order chi connectivity index (χ1) is 6.88. The second-order valence-electron chi connectivity index (χ2n) is 5.35. The number of rotatable bonds is 2. The van der Waals surface area contributed by atoms with Gasteiger partial charge < -0.3 is 15.7 Å². The number of aliphatic hydroxyl groups is 1. The minimum Gasteiger partial charge on any atom is -0.394 e. The van der Waals surface area contributed by atoms with Gasteiger partial charge in [-0.25, -0.2) is 0 Å². The van der Waals surface area contributed by atoms with Crippen LogP contribution in [0.3, 0.4) is 0 Å². The number of amides is 1. The van der Waals surface area contributed by atoms with E-state index in [1.807, 2.05) is 20.8 Å². The lowest BCUT2D eigenvalue weighted by molar-refractivity contribution is -0.136. The van der Waals surface area contributed by atoms with Crippen molar-refractivity contribution in [3.63, 3.8) is 0 Å². The molecule has 15 heavy (non-hydrogen) atoms. The van der Waals surface area contributed by atoms with Crippen LogP contribution in [0.15, 0.2) is 0 Å². The molecule has 1 amide bonds. The third kappa shape index (κ3) is 2.69. The molecule has 1 aliphatic heterocycles. The maximum absolute atomic E-state index is 12.1. The Morgan fingerprint density at radius 3 is 2.67 bits per heavy atom. The third-order valence-corrected chi connectivity index (χ3v) is 3.07. The van der Waals surface area contributed by atoms with E-state index in [-0.39, 0.29) is 24.0 Å². The highest BCUT2D eigenvalue weighted by Crippen LogP contribution is 2.23. The van der Waals surface area contributed by atoms with E-state index in [1.165, 1.54) is 0 Å². The quantitative estimate of drug-likeness (QED) is 0.696. The van der Waals surface area contributed by atoms with E-state index in [4.69, 9.17) is 10.8 Å². The zero-order chi connectivity index (χ0) is 11.6. The molecule has 0 spiro atoms. The molecule has 1 rings (SSSR count). The normalized spacial score (nSPS) is 24.3. The SMILES string of the molecule is CC(C)(C)[C@H](N)C(=O)N1CCC[C@H]1CO. The summed E-state index contributed by atoms with van der Waals surface area (Å²) in [4.78, 5) is 13.8. The van der Waals surface area contributed by atoms with Crippen LogP contribution in [0.5, 0.6) is 0 Å². The van der Waals surface area contributed by atoms with E-state index >= 15 is 0 Å². The Kier molecular flexibility index (Phi) is 3.73. The van der Waals surface area contributed by atoms with Crippen LogP contribution in [-0.4, -0.2) is 41.1 Å². The minimum absolute atomic E-state index is 0.0223. The molecule has 1 aliphatic rings. The van der Waals surface area contributed by atoms with Crippen molar-refractivity contribution in [2.75, 3.05) is 13.2 Å². The van der Waals surface area contributed by atoms with Crippen molar-refractivity contribution in [3.8, 4) is 0 Å². The van der Waals surface area contributed by atoms with Crippen LogP contribution in [0.25, 0.3) is 0 Å². The zero-order valence-electron chi connectivity index (χ0n) is 9.86. The molecule has 1 fully saturated rings. The monoisotopic (exact) mass is 214 g/mol. The van der Waals surface area contributed by atoms with Crippen LogP contribution in [0.1, 0.15) is 33.6 Å². The van der Waals surface area contributed by atoms with Crippen LogP contribution in [0.2, 0.25) is 0 Å². The van der Waals surface area contributed by atoms with Gasteiger partial charge in [0.25, 0.3) is 0 Å². The molecule has 2 atom stereocenters. The van der Waals surface area contributed by atoms with Crippen LogP contribution in [0.4, 0.5) is 0 Å². The largest absolute Gasteiger partial charge is 0.394 e. The van der Waals surface area contributed by atoms with Crippen LogP contribution in [0, 0.1) is 5.41 Å². The van der Waals surface area contributed by atoms with Crippen LogP contribution >= 0.6 is 0 Å². The summed E-state index contributed by atoms with van der Waals surface area (Å²) in [5.74, 6) is -0.0287. The van der Waals surface area contributed by atoms with E-state index < -0.39 is 6.04 Å². The minimum atomic E-state index is -0.482. The number of carbonyl (C=O) groups excluding carboxylic acids is 1. The molecule has 0 aromatic heterocycles. The molecule has 3 N–H and O–H groups in total. The predicted octanol–water partition coefficient (Wildman–Crippen LogP) is 0.343. The summed E-state index contributed by atoms with van der Waals surface area (Å²) in [5, 5.41) is 9.14.